The zero-order valence-electron chi connectivity index (χ0n) is 11.7. The summed E-state index contributed by atoms with van der Waals surface area (Å²) in [5, 5.41) is 2.72. The zero-order chi connectivity index (χ0) is 15.0. The van der Waals surface area contributed by atoms with Gasteiger partial charge in [0.2, 0.25) is 10.0 Å². The highest BCUT2D eigenvalue weighted by Crippen LogP contribution is 2.07. The first kappa shape index (κ1) is 16.6. The maximum atomic E-state index is 11.8. The lowest BCUT2D eigenvalue weighted by atomic mass is 10.1. The van der Waals surface area contributed by atoms with E-state index in [0.29, 0.717) is 25.1 Å². The molecule has 0 aromatic heterocycles. The fourth-order valence-corrected chi connectivity index (χ4v) is 2.30. The van der Waals surface area contributed by atoms with E-state index in [-0.39, 0.29) is 11.7 Å². The van der Waals surface area contributed by atoms with E-state index < -0.39 is 10.0 Å². The number of ether oxygens (including phenoxy) is 1. The van der Waals surface area contributed by atoms with E-state index in [2.05, 4.69) is 10.0 Å². The molecule has 0 radical (unpaired) electrons. The Bertz CT molecular complexity index is 543. The summed E-state index contributed by atoms with van der Waals surface area (Å²) in [7, 11) is -0.287. The largest absolute Gasteiger partial charge is 0.383 e. The number of carbonyl (C=O) groups is 1. The van der Waals surface area contributed by atoms with Gasteiger partial charge in [0.05, 0.1) is 12.4 Å². The van der Waals surface area contributed by atoms with Crippen LogP contribution in [0.15, 0.2) is 24.3 Å². The highest BCUT2D eigenvalue weighted by molar-refractivity contribution is 7.89. The standard InChI is InChI=1S/C13H20N2O4S/c1-14-20(17,18)9-6-11-4-3-5-12(10-11)13(16)15-7-8-19-2/h3-5,10,14H,6-9H2,1-2H3,(H,15,16). The zero-order valence-corrected chi connectivity index (χ0v) is 12.5. The minimum Gasteiger partial charge on any atom is -0.383 e. The Hall–Kier alpha value is -1.44. The van der Waals surface area contributed by atoms with Crippen molar-refractivity contribution in [1.29, 1.82) is 0 Å². The van der Waals surface area contributed by atoms with Gasteiger partial charge in [-0.05, 0) is 31.2 Å². The molecular formula is C13H20N2O4S. The van der Waals surface area contributed by atoms with E-state index in [1.807, 2.05) is 0 Å². The molecule has 2 N–H and O–H groups in total. The van der Waals surface area contributed by atoms with E-state index in [0.717, 1.165) is 5.56 Å². The lowest BCUT2D eigenvalue weighted by Gasteiger charge is -2.07. The molecule has 6 nitrogen and oxygen atoms in total. The van der Waals surface area contributed by atoms with E-state index >= 15 is 0 Å². The van der Waals surface area contributed by atoms with Crippen LogP contribution in [0.5, 0.6) is 0 Å². The second-order valence-electron chi connectivity index (χ2n) is 4.22. The highest BCUT2D eigenvalue weighted by Gasteiger charge is 2.09. The van der Waals surface area contributed by atoms with Gasteiger partial charge in [-0.25, -0.2) is 13.1 Å². The molecule has 0 saturated carbocycles. The summed E-state index contributed by atoms with van der Waals surface area (Å²) in [4.78, 5) is 11.8. The molecule has 0 aliphatic carbocycles. The van der Waals surface area contributed by atoms with Gasteiger partial charge in [-0.1, -0.05) is 12.1 Å². The van der Waals surface area contributed by atoms with E-state index in [9.17, 15) is 13.2 Å². The van der Waals surface area contributed by atoms with E-state index in [1.165, 1.54) is 7.05 Å². The summed E-state index contributed by atoms with van der Waals surface area (Å²) in [6.45, 7) is 0.888. The van der Waals surface area contributed by atoms with Crippen LogP contribution in [0.2, 0.25) is 0 Å². The van der Waals surface area contributed by atoms with Crippen molar-refractivity contribution in [2.45, 2.75) is 6.42 Å². The minimum absolute atomic E-state index is 0.00174. The third-order valence-corrected chi connectivity index (χ3v) is 4.11. The van der Waals surface area contributed by atoms with Gasteiger partial charge < -0.3 is 10.1 Å². The minimum atomic E-state index is -3.24. The van der Waals surface area contributed by atoms with Gasteiger partial charge in [-0.3, -0.25) is 4.79 Å². The van der Waals surface area contributed by atoms with Crippen LogP contribution in [-0.2, 0) is 21.2 Å². The van der Waals surface area contributed by atoms with Gasteiger partial charge in [-0.2, -0.15) is 0 Å². The van der Waals surface area contributed by atoms with Crippen molar-refractivity contribution in [2.24, 2.45) is 0 Å². The fourth-order valence-electron chi connectivity index (χ4n) is 1.59. The summed E-state index contributed by atoms with van der Waals surface area (Å²) in [6.07, 6.45) is 0.363. The molecule has 0 atom stereocenters. The lowest BCUT2D eigenvalue weighted by Crippen LogP contribution is -2.27. The molecule has 0 saturated heterocycles. The Balaban J connectivity index is 2.63. The molecule has 0 unspecified atom stereocenters. The summed E-state index contributed by atoms with van der Waals surface area (Å²) in [5.41, 5.74) is 1.32. The highest BCUT2D eigenvalue weighted by atomic mass is 32.2. The molecule has 112 valence electrons. The maximum Gasteiger partial charge on any atom is 0.251 e. The van der Waals surface area contributed by atoms with Crippen molar-refractivity contribution in [2.75, 3.05) is 33.1 Å². The normalized spacial score (nSPS) is 11.3. The molecule has 1 rings (SSSR count). The van der Waals surface area contributed by atoms with Crippen LogP contribution in [0.25, 0.3) is 0 Å². The number of sulfonamides is 1. The lowest BCUT2D eigenvalue weighted by molar-refractivity contribution is 0.0937. The monoisotopic (exact) mass is 300 g/mol. The number of aryl methyl sites for hydroxylation is 1. The van der Waals surface area contributed by atoms with Crippen molar-refractivity contribution in [3.8, 4) is 0 Å². The number of carbonyl (C=O) groups excluding carboxylic acids is 1. The Morgan fingerprint density at radius 1 is 1.35 bits per heavy atom. The molecule has 0 aliphatic heterocycles. The Kier molecular flexibility index (Phi) is 6.63. The molecule has 1 amide bonds. The van der Waals surface area contributed by atoms with Crippen LogP contribution >= 0.6 is 0 Å². The molecule has 1 aromatic rings. The van der Waals surface area contributed by atoms with Gasteiger partial charge in [0.25, 0.3) is 5.91 Å². The molecule has 7 heteroatoms. The van der Waals surface area contributed by atoms with Gasteiger partial charge in [0.1, 0.15) is 0 Å². The summed E-state index contributed by atoms with van der Waals surface area (Å²) < 4.78 is 29.8. The number of methoxy groups -OCH3 is 1. The molecule has 1 aromatic carbocycles. The quantitative estimate of drug-likeness (QED) is 0.670. The Morgan fingerprint density at radius 3 is 2.75 bits per heavy atom. The van der Waals surface area contributed by atoms with Crippen molar-refractivity contribution in [3.05, 3.63) is 35.4 Å². The number of benzene rings is 1. The molecule has 0 heterocycles. The van der Waals surface area contributed by atoms with Gasteiger partial charge in [0, 0.05) is 19.2 Å². The van der Waals surface area contributed by atoms with Crippen LogP contribution in [0.1, 0.15) is 15.9 Å². The third-order valence-electron chi connectivity index (χ3n) is 2.75. The van der Waals surface area contributed by atoms with Crippen LogP contribution in [-0.4, -0.2) is 47.4 Å². The summed E-state index contributed by atoms with van der Waals surface area (Å²) in [6, 6.07) is 6.94. The average molecular weight is 300 g/mol. The van der Waals surface area contributed by atoms with Crippen LogP contribution in [0.3, 0.4) is 0 Å². The number of amides is 1. The van der Waals surface area contributed by atoms with E-state index in [1.54, 1.807) is 31.4 Å². The molecule has 0 spiro atoms. The fraction of sp³-hybridized carbons (Fsp3) is 0.462. The van der Waals surface area contributed by atoms with Crippen molar-refractivity contribution < 1.29 is 17.9 Å². The van der Waals surface area contributed by atoms with Gasteiger partial charge >= 0.3 is 0 Å². The first-order valence-corrected chi connectivity index (χ1v) is 7.91. The second kappa shape index (κ2) is 7.98. The SMILES string of the molecule is CNS(=O)(=O)CCc1cccc(C(=O)NCCOC)c1. The first-order chi connectivity index (χ1) is 9.48. The first-order valence-electron chi connectivity index (χ1n) is 6.26. The average Bonchev–Trinajstić information content (AvgIpc) is 2.46. The molecule has 0 aliphatic rings. The predicted molar refractivity (Wildman–Crippen MR) is 77.2 cm³/mol. The van der Waals surface area contributed by atoms with Crippen molar-refractivity contribution >= 4 is 15.9 Å². The predicted octanol–water partition coefficient (Wildman–Crippen LogP) is 0.154. The van der Waals surface area contributed by atoms with Gasteiger partial charge in [0.15, 0.2) is 0 Å². The maximum absolute atomic E-state index is 11.8. The van der Waals surface area contributed by atoms with Gasteiger partial charge in [-0.15, -0.1) is 0 Å². The number of hydrogen-bond donors (Lipinski definition) is 2. The van der Waals surface area contributed by atoms with Crippen molar-refractivity contribution in [1.82, 2.24) is 10.0 Å². The topological polar surface area (TPSA) is 84.5 Å². The molecule has 0 bridgehead atoms. The van der Waals surface area contributed by atoms with Crippen LogP contribution in [0.4, 0.5) is 0 Å². The molecular weight excluding hydrogens is 280 g/mol. The number of rotatable bonds is 8. The Morgan fingerprint density at radius 2 is 2.10 bits per heavy atom. The van der Waals surface area contributed by atoms with Crippen LogP contribution < -0.4 is 10.0 Å². The molecule has 20 heavy (non-hydrogen) atoms. The summed E-state index contributed by atoms with van der Waals surface area (Å²) >= 11 is 0. The third kappa shape index (κ3) is 5.68. The van der Waals surface area contributed by atoms with Crippen LogP contribution in [0, 0.1) is 0 Å². The molecule has 0 fully saturated rings. The number of nitrogens with one attached hydrogen (secondary N) is 2. The van der Waals surface area contributed by atoms with Crippen molar-refractivity contribution in [3.63, 3.8) is 0 Å². The number of hydrogen-bond acceptors (Lipinski definition) is 4. The van der Waals surface area contributed by atoms with E-state index in [4.69, 9.17) is 4.74 Å². The summed E-state index contributed by atoms with van der Waals surface area (Å²) in [5.74, 6) is -0.196. The second-order valence-corrected chi connectivity index (χ2v) is 6.27. The smallest absolute Gasteiger partial charge is 0.251 e. The Labute approximate surface area is 119 Å².